The molecular weight excluding hydrogens is 292 g/mol. The van der Waals surface area contributed by atoms with Crippen LogP contribution in [-0.4, -0.2) is 17.5 Å². The van der Waals surface area contributed by atoms with Crippen LogP contribution in [0.3, 0.4) is 0 Å². The van der Waals surface area contributed by atoms with Gasteiger partial charge in [0.2, 0.25) is 0 Å². The van der Waals surface area contributed by atoms with Crippen molar-refractivity contribution in [2.45, 2.75) is 38.6 Å². The minimum atomic E-state index is 0.0194. The molecule has 0 spiro atoms. The molecular formula is C18H22N2OS. The third-order valence-electron chi connectivity index (χ3n) is 4.15. The van der Waals surface area contributed by atoms with Gasteiger partial charge in [0.1, 0.15) is 0 Å². The molecule has 1 aromatic carbocycles. The van der Waals surface area contributed by atoms with Crippen molar-refractivity contribution in [1.29, 1.82) is 0 Å². The molecule has 1 fully saturated rings. The molecule has 0 aliphatic carbocycles. The van der Waals surface area contributed by atoms with E-state index in [9.17, 15) is 4.79 Å². The summed E-state index contributed by atoms with van der Waals surface area (Å²) in [4.78, 5) is 16.1. The van der Waals surface area contributed by atoms with Gasteiger partial charge in [-0.25, -0.2) is 4.79 Å². The number of urea groups is 1. The lowest BCUT2D eigenvalue weighted by molar-refractivity contribution is 0.190. The number of hydrogen-bond donors (Lipinski definition) is 1. The SMILES string of the molecule is Cc1cccc(NC(=O)N2CCCCC[C@H]2c2cccs2)c1. The average molecular weight is 314 g/mol. The van der Waals surface area contributed by atoms with Crippen LogP contribution in [0.15, 0.2) is 41.8 Å². The Labute approximate surface area is 136 Å². The zero-order valence-electron chi connectivity index (χ0n) is 12.9. The van der Waals surface area contributed by atoms with E-state index in [4.69, 9.17) is 0 Å². The Hall–Kier alpha value is -1.81. The van der Waals surface area contributed by atoms with Crippen molar-refractivity contribution in [3.8, 4) is 0 Å². The molecule has 1 atom stereocenters. The molecule has 1 aliphatic rings. The number of carbonyl (C=O) groups excluding carboxylic acids is 1. The third kappa shape index (κ3) is 3.50. The van der Waals surface area contributed by atoms with Crippen molar-refractivity contribution < 1.29 is 4.79 Å². The lowest BCUT2D eigenvalue weighted by atomic mass is 10.1. The van der Waals surface area contributed by atoms with Crippen molar-refractivity contribution in [3.05, 3.63) is 52.2 Å². The molecule has 1 aromatic heterocycles. The number of carbonyl (C=O) groups is 1. The number of anilines is 1. The van der Waals surface area contributed by atoms with E-state index in [1.54, 1.807) is 11.3 Å². The molecule has 116 valence electrons. The molecule has 0 radical (unpaired) electrons. The summed E-state index contributed by atoms with van der Waals surface area (Å²) >= 11 is 1.75. The number of nitrogens with one attached hydrogen (secondary N) is 1. The molecule has 3 rings (SSSR count). The Bertz CT molecular complexity index is 624. The van der Waals surface area contributed by atoms with Crippen molar-refractivity contribution in [2.75, 3.05) is 11.9 Å². The molecule has 3 nitrogen and oxygen atoms in total. The molecule has 1 saturated heterocycles. The fourth-order valence-electron chi connectivity index (χ4n) is 3.05. The van der Waals surface area contributed by atoms with E-state index in [0.29, 0.717) is 0 Å². The van der Waals surface area contributed by atoms with E-state index in [1.807, 2.05) is 36.1 Å². The standard InChI is InChI=1S/C18H22N2OS/c1-14-7-5-8-15(13-14)19-18(21)20-11-4-2-3-9-16(20)17-10-6-12-22-17/h5-8,10,12-13,16H,2-4,9,11H2,1H3,(H,19,21)/t16-/m0/s1. The molecule has 1 N–H and O–H groups in total. The first-order chi connectivity index (χ1) is 10.7. The average Bonchev–Trinajstić information content (AvgIpc) is 2.91. The smallest absolute Gasteiger partial charge is 0.317 e. The second-order valence-electron chi connectivity index (χ2n) is 5.87. The van der Waals surface area contributed by atoms with E-state index < -0.39 is 0 Å². The summed E-state index contributed by atoms with van der Waals surface area (Å²) in [6.07, 6.45) is 4.54. The van der Waals surface area contributed by atoms with Gasteiger partial charge in [-0.1, -0.05) is 31.0 Å². The van der Waals surface area contributed by atoms with Gasteiger partial charge in [0.25, 0.3) is 0 Å². The highest BCUT2D eigenvalue weighted by Gasteiger charge is 2.27. The van der Waals surface area contributed by atoms with E-state index in [1.165, 1.54) is 17.7 Å². The second kappa shape index (κ2) is 6.97. The summed E-state index contributed by atoms with van der Waals surface area (Å²) in [5.41, 5.74) is 2.03. The van der Waals surface area contributed by atoms with Crippen LogP contribution in [0, 0.1) is 6.92 Å². The lowest BCUT2D eigenvalue weighted by Gasteiger charge is -2.29. The summed E-state index contributed by atoms with van der Waals surface area (Å²) in [5.74, 6) is 0. The van der Waals surface area contributed by atoms with E-state index in [2.05, 4.69) is 22.8 Å². The normalized spacial score (nSPS) is 18.8. The second-order valence-corrected chi connectivity index (χ2v) is 6.85. The predicted molar refractivity (Wildman–Crippen MR) is 92.4 cm³/mol. The molecule has 0 saturated carbocycles. The first kappa shape index (κ1) is 15.1. The van der Waals surface area contributed by atoms with Gasteiger partial charge in [-0.2, -0.15) is 0 Å². The molecule has 0 unspecified atom stereocenters. The molecule has 2 heterocycles. The van der Waals surface area contributed by atoms with Crippen molar-refractivity contribution in [1.82, 2.24) is 4.90 Å². The summed E-state index contributed by atoms with van der Waals surface area (Å²) in [6.45, 7) is 2.87. The summed E-state index contributed by atoms with van der Waals surface area (Å²) in [7, 11) is 0. The minimum Gasteiger partial charge on any atom is -0.317 e. The van der Waals surface area contributed by atoms with Crippen LogP contribution in [0.5, 0.6) is 0 Å². The van der Waals surface area contributed by atoms with Gasteiger partial charge in [-0.05, 0) is 48.9 Å². The maximum Gasteiger partial charge on any atom is 0.322 e. The molecule has 1 aliphatic heterocycles. The van der Waals surface area contributed by atoms with Crippen LogP contribution in [0.25, 0.3) is 0 Å². The molecule has 22 heavy (non-hydrogen) atoms. The zero-order valence-corrected chi connectivity index (χ0v) is 13.7. The Kier molecular flexibility index (Phi) is 4.78. The number of hydrogen-bond acceptors (Lipinski definition) is 2. The van der Waals surface area contributed by atoms with Crippen LogP contribution in [-0.2, 0) is 0 Å². The largest absolute Gasteiger partial charge is 0.322 e. The van der Waals surface area contributed by atoms with Crippen molar-refractivity contribution in [2.24, 2.45) is 0 Å². The van der Waals surface area contributed by atoms with Crippen LogP contribution in [0.1, 0.15) is 42.2 Å². The number of rotatable bonds is 2. The molecule has 2 aromatic rings. The highest BCUT2D eigenvalue weighted by molar-refractivity contribution is 7.10. The highest BCUT2D eigenvalue weighted by atomic mass is 32.1. The van der Waals surface area contributed by atoms with Crippen LogP contribution >= 0.6 is 11.3 Å². The number of benzene rings is 1. The lowest BCUT2D eigenvalue weighted by Crippen LogP contribution is -2.37. The predicted octanol–water partition coefficient (Wildman–Crippen LogP) is 5.21. The third-order valence-corrected chi connectivity index (χ3v) is 5.13. The van der Waals surface area contributed by atoms with Gasteiger partial charge < -0.3 is 10.2 Å². The van der Waals surface area contributed by atoms with Gasteiger partial charge >= 0.3 is 6.03 Å². The monoisotopic (exact) mass is 314 g/mol. The number of likely N-dealkylation sites (tertiary alicyclic amines) is 1. The molecule has 4 heteroatoms. The maximum absolute atomic E-state index is 12.8. The van der Waals surface area contributed by atoms with E-state index in [-0.39, 0.29) is 12.1 Å². The van der Waals surface area contributed by atoms with E-state index in [0.717, 1.165) is 30.6 Å². The van der Waals surface area contributed by atoms with Crippen LogP contribution in [0.2, 0.25) is 0 Å². The van der Waals surface area contributed by atoms with Crippen molar-refractivity contribution >= 4 is 23.1 Å². The Morgan fingerprint density at radius 1 is 1.23 bits per heavy atom. The first-order valence-corrected chi connectivity index (χ1v) is 8.80. The highest BCUT2D eigenvalue weighted by Crippen LogP contribution is 2.33. The van der Waals surface area contributed by atoms with Gasteiger partial charge in [-0.15, -0.1) is 11.3 Å². The topological polar surface area (TPSA) is 32.3 Å². The quantitative estimate of drug-likeness (QED) is 0.811. The minimum absolute atomic E-state index is 0.0194. The van der Waals surface area contributed by atoms with Crippen LogP contribution in [0.4, 0.5) is 10.5 Å². The van der Waals surface area contributed by atoms with Gasteiger partial charge in [0, 0.05) is 17.1 Å². The summed E-state index contributed by atoms with van der Waals surface area (Å²) in [6, 6.07) is 12.4. The summed E-state index contributed by atoms with van der Waals surface area (Å²) < 4.78 is 0. The Morgan fingerprint density at radius 2 is 2.14 bits per heavy atom. The Morgan fingerprint density at radius 3 is 2.91 bits per heavy atom. The van der Waals surface area contributed by atoms with Gasteiger partial charge in [-0.3, -0.25) is 0 Å². The summed E-state index contributed by atoms with van der Waals surface area (Å²) in [5, 5.41) is 5.16. The first-order valence-electron chi connectivity index (χ1n) is 7.92. The molecule has 2 amide bonds. The number of nitrogens with zero attached hydrogens (tertiary/aromatic N) is 1. The number of amides is 2. The maximum atomic E-state index is 12.8. The molecule has 0 bridgehead atoms. The number of aryl methyl sites for hydroxylation is 1. The van der Waals surface area contributed by atoms with Gasteiger partial charge in [0.15, 0.2) is 0 Å². The fraction of sp³-hybridized carbons (Fsp3) is 0.389. The number of thiophene rings is 1. The zero-order chi connectivity index (χ0) is 15.4. The van der Waals surface area contributed by atoms with E-state index >= 15 is 0 Å². The van der Waals surface area contributed by atoms with Gasteiger partial charge in [0.05, 0.1) is 6.04 Å². The Balaban J connectivity index is 1.78. The van der Waals surface area contributed by atoms with Crippen LogP contribution < -0.4 is 5.32 Å². The fourth-order valence-corrected chi connectivity index (χ4v) is 3.92. The van der Waals surface area contributed by atoms with Crippen molar-refractivity contribution in [3.63, 3.8) is 0 Å².